The van der Waals surface area contributed by atoms with Crippen molar-refractivity contribution in [3.05, 3.63) is 23.2 Å². The van der Waals surface area contributed by atoms with Crippen molar-refractivity contribution in [1.29, 1.82) is 0 Å². The van der Waals surface area contributed by atoms with E-state index in [1.165, 1.54) is 6.07 Å². The standard InChI is InChI=1S/C6H3ClN3O/c7-4-1-2-5-6(3-4)10(11)9-8-5/h1-3H. The number of aromatic nitrogens is 3. The van der Waals surface area contributed by atoms with Crippen LogP contribution in [0.4, 0.5) is 0 Å². The van der Waals surface area contributed by atoms with Gasteiger partial charge in [-0.25, -0.2) is 0 Å². The molecular weight excluding hydrogens is 166 g/mol. The van der Waals surface area contributed by atoms with E-state index in [-0.39, 0.29) is 0 Å². The molecule has 1 radical (unpaired) electrons. The van der Waals surface area contributed by atoms with Gasteiger partial charge in [-0.3, -0.25) is 0 Å². The Labute approximate surface area is 67.0 Å². The Morgan fingerprint density at radius 1 is 1.45 bits per heavy atom. The zero-order valence-electron chi connectivity index (χ0n) is 5.36. The van der Waals surface area contributed by atoms with Crippen molar-refractivity contribution >= 4 is 22.6 Å². The third-order valence-corrected chi connectivity index (χ3v) is 1.61. The highest BCUT2D eigenvalue weighted by atomic mass is 35.5. The molecule has 11 heavy (non-hydrogen) atoms. The molecule has 1 heterocycles. The topological polar surface area (TPSA) is 50.6 Å². The molecule has 0 aliphatic heterocycles. The van der Waals surface area contributed by atoms with Gasteiger partial charge in [0.25, 0.3) is 0 Å². The summed E-state index contributed by atoms with van der Waals surface area (Å²) in [7, 11) is 0. The molecular formula is C6H3ClN3O. The molecule has 0 aliphatic rings. The largest absolute Gasteiger partial charge is 0.144 e. The van der Waals surface area contributed by atoms with Gasteiger partial charge in [0.1, 0.15) is 11.0 Å². The number of hydrogen-bond donors (Lipinski definition) is 0. The first-order valence-corrected chi connectivity index (χ1v) is 3.33. The molecule has 0 saturated heterocycles. The Morgan fingerprint density at radius 2 is 2.27 bits per heavy atom. The van der Waals surface area contributed by atoms with Gasteiger partial charge in [-0.2, -0.15) is 0 Å². The molecule has 0 bridgehead atoms. The summed E-state index contributed by atoms with van der Waals surface area (Å²) in [6.07, 6.45) is 0. The summed E-state index contributed by atoms with van der Waals surface area (Å²) in [4.78, 5) is 0.446. The molecule has 0 saturated carbocycles. The van der Waals surface area contributed by atoms with Crippen LogP contribution in [0.5, 0.6) is 0 Å². The van der Waals surface area contributed by atoms with E-state index in [2.05, 4.69) is 10.3 Å². The molecule has 0 fully saturated rings. The average molecular weight is 169 g/mol. The molecule has 4 nitrogen and oxygen atoms in total. The van der Waals surface area contributed by atoms with Gasteiger partial charge in [0, 0.05) is 5.02 Å². The minimum absolute atomic E-state index is 0.400. The van der Waals surface area contributed by atoms with E-state index in [0.29, 0.717) is 20.9 Å². The van der Waals surface area contributed by atoms with Gasteiger partial charge >= 0.3 is 0 Å². The van der Waals surface area contributed by atoms with Crippen LogP contribution in [0.3, 0.4) is 0 Å². The Balaban J connectivity index is 2.87. The Bertz CT molecular complexity index is 398. The summed E-state index contributed by atoms with van der Waals surface area (Å²) < 4.78 is 0. The minimum atomic E-state index is 0.400. The molecule has 55 valence electrons. The quantitative estimate of drug-likeness (QED) is 0.595. The minimum Gasteiger partial charge on any atom is -0.144 e. The van der Waals surface area contributed by atoms with Crippen LogP contribution < -0.4 is 0 Å². The molecule has 0 N–H and O–H groups in total. The van der Waals surface area contributed by atoms with Crippen molar-refractivity contribution in [3.63, 3.8) is 0 Å². The zero-order chi connectivity index (χ0) is 7.84. The van der Waals surface area contributed by atoms with Crippen molar-refractivity contribution < 1.29 is 5.21 Å². The molecule has 1 aromatic carbocycles. The van der Waals surface area contributed by atoms with Crippen LogP contribution in [-0.4, -0.2) is 15.2 Å². The SMILES string of the molecule is [O]n1nnc2ccc(Cl)cc21. The van der Waals surface area contributed by atoms with E-state index < -0.39 is 0 Å². The number of halogens is 1. The van der Waals surface area contributed by atoms with Gasteiger partial charge < -0.3 is 0 Å². The number of hydrogen-bond acceptors (Lipinski definition) is 2. The summed E-state index contributed by atoms with van der Waals surface area (Å²) in [6, 6.07) is 4.85. The number of rotatable bonds is 0. The molecule has 2 aromatic rings. The summed E-state index contributed by atoms with van der Waals surface area (Å²) in [5, 5.41) is 18.2. The first-order valence-electron chi connectivity index (χ1n) is 2.96. The fourth-order valence-electron chi connectivity index (χ4n) is 0.871. The monoisotopic (exact) mass is 168 g/mol. The molecule has 0 unspecified atom stereocenters. The first-order chi connectivity index (χ1) is 5.27. The van der Waals surface area contributed by atoms with Crippen LogP contribution in [0, 0.1) is 0 Å². The lowest BCUT2D eigenvalue weighted by molar-refractivity contribution is 0.0651. The predicted molar refractivity (Wildman–Crippen MR) is 38.6 cm³/mol. The van der Waals surface area contributed by atoms with E-state index in [9.17, 15) is 5.21 Å². The Kier molecular flexibility index (Phi) is 1.22. The predicted octanol–water partition coefficient (Wildman–Crippen LogP) is 1.28. The lowest BCUT2D eigenvalue weighted by Crippen LogP contribution is -1.88. The van der Waals surface area contributed by atoms with Gasteiger partial charge in [-0.1, -0.05) is 11.6 Å². The van der Waals surface area contributed by atoms with Crippen molar-refractivity contribution in [2.45, 2.75) is 0 Å². The zero-order valence-corrected chi connectivity index (χ0v) is 6.12. The van der Waals surface area contributed by atoms with Crippen molar-refractivity contribution in [1.82, 2.24) is 15.2 Å². The maximum absolute atomic E-state index is 10.8. The van der Waals surface area contributed by atoms with E-state index in [4.69, 9.17) is 11.6 Å². The maximum Gasteiger partial charge on any atom is 0.137 e. The second-order valence-corrected chi connectivity index (χ2v) is 2.53. The smallest absolute Gasteiger partial charge is 0.137 e. The van der Waals surface area contributed by atoms with Crippen LogP contribution in [0.15, 0.2) is 18.2 Å². The lowest BCUT2D eigenvalue weighted by atomic mass is 10.3. The average Bonchev–Trinajstić information content (AvgIpc) is 2.33. The fraction of sp³-hybridized carbons (Fsp3) is 0. The van der Waals surface area contributed by atoms with Gasteiger partial charge in [-0.15, -0.1) is 10.3 Å². The van der Waals surface area contributed by atoms with Gasteiger partial charge in [0.2, 0.25) is 0 Å². The van der Waals surface area contributed by atoms with Crippen molar-refractivity contribution in [3.8, 4) is 0 Å². The van der Waals surface area contributed by atoms with Crippen LogP contribution in [0.2, 0.25) is 5.02 Å². The second kappa shape index (κ2) is 2.10. The number of fused-ring (bicyclic) bond motifs is 1. The van der Waals surface area contributed by atoms with Crippen LogP contribution >= 0.6 is 11.6 Å². The summed E-state index contributed by atoms with van der Waals surface area (Å²) in [5.74, 6) is 0. The summed E-state index contributed by atoms with van der Waals surface area (Å²) >= 11 is 5.64. The van der Waals surface area contributed by atoms with Crippen molar-refractivity contribution in [2.24, 2.45) is 0 Å². The van der Waals surface area contributed by atoms with E-state index >= 15 is 0 Å². The normalized spacial score (nSPS) is 10.6. The Morgan fingerprint density at radius 3 is 3.09 bits per heavy atom. The molecule has 5 heteroatoms. The first kappa shape index (κ1) is 6.42. The molecule has 2 rings (SSSR count). The summed E-state index contributed by atoms with van der Waals surface area (Å²) in [6.45, 7) is 0. The molecule has 0 aliphatic carbocycles. The maximum atomic E-state index is 10.8. The van der Waals surface area contributed by atoms with E-state index in [0.717, 1.165) is 0 Å². The second-order valence-electron chi connectivity index (χ2n) is 2.10. The van der Waals surface area contributed by atoms with Gasteiger partial charge in [0.05, 0.1) is 0 Å². The Hall–Kier alpha value is -1.29. The number of benzene rings is 1. The van der Waals surface area contributed by atoms with E-state index in [1.807, 2.05) is 0 Å². The molecule has 0 atom stereocenters. The lowest BCUT2D eigenvalue weighted by Gasteiger charge is -1.87. The molecule has 0 amide bonds. The highest BCUT2D eigenvalue weighted by molar-refractivity contribution is 6.31. The third kappa shape index (κ3) is 0.914. The molecule has 0 spiro atoms. The highest BCUT2D eigenvalue weighted by Crippen LogP contribution is 2.15. The van der Waals surface area contributed by atoms with Crippen LogP contribution in [0.1, 0.15) is 0 Å². The third-order valence-electron chi connectivity index (χ3n) is 1.38. The summed E-state index contributed by atoms with van der Waals surface area (Å²) in [5.41, 5.74) is 0.960. The van der Waals surface area contributed by atoms with Gasteiger partial charge in [-0.05, 0) is 28.3 Å². The van der Waals surface area contributed by atoms with Crippen LogP contribution in [-0.2, 0) is 5.21 Å². The number of nitrogens with zero attached hydrogens (tertiary/aromatic N) is 3. The van der Waals surface area contributed by atoms with E-state index in [1.54, 1.807) is 12.1 Å². The van der Waals surface area contributed by atoms with Crippen molar-refractivity contribution in [2.75, 3.05) is 0 Å². The van der Waals surface area contributed by atoms with Gasteiger partial charge in [0.15, 0.2) is 0 Å². The van der Waals surface area contributed by atoms with Crippen LogP contribution in [0.25, 0.3) is 11.0 Å². The fourth-order valence-corrected chi connectivity index (χ4v) is 1.04. The molecule has 1 aromatic heterocycles. The highest BCUT2D eigenvalue weighted by Gasteiger charge is 2.03.